The highest BCUT2D eigenvalue weighted by atomic mass is 35.5. The van der Waals surface area contributed by atoms with Crippen LogP contribution in [0, 0.1) is 0 Å². The lowest BCUT2D eigenvalue weighted by molar-refractivity contribution is 0.450. The van der Waals surface area contributed by atoms with Gasteiger partial charge >= 0.3 is 0 Å². The van der Waals surface area contributed by atoms with Gasteiger partial charge in [-0.05, 0) is 18.9 Å². The zero-order valence-corrected chi connectivity index (χ0v) is 11.5. The molecule has 2 rings (SSSR count). The van der Waals surface area contributed by atoms with Crippen LogP contribution in [0.2, 0.25) is 5.02 Å². The van der Waals surface area contributed by atoms with Crippen molar-refractivity contribution in [3.05, 3.63) is 47.4 Å². The first-order chi connectivity index (χ1) is 9.19. The van der Waals surface area contributed by atoms with Crippen molar-refractivity contribution in [1.29, 1.82) is 0 Å². The maximum atomic E-state index is 5.97. The van der Waals surface area contributed by atoms with Crippen LogP contribution in [0.1, 0.15) is 18.9 Å². The number of pyridine rings is 2. The fourth-order valence-electron chi connectivity index (χ4n) is 1.66. The smallest absolute Gasteiger partial charge is 0.222 e. The molecule has 0 fully saturated rings. The average Bonchev–Trinajstić information content (AvgIpc) is 2.41. The van der Waals surface area contributed by atoms with E-state index in [1.165, 1.54) is 0 Å². The van der Waals surface area contributed by atoms with E-state index in [9.17, 15) is 0 Å². The van der Waals surface area contributed by atoms with Gasteiger partial charge in [0.15, 0.2) is 0 Å². The molecule has 2 aromatic heterocycles. The van der Waals surface area contributed by atoms with Crippen LogP contribution in [0.15, 0.2) is 36.8 Å². The van der Waals surface area contributed by atoms with Crippen molar-refractivity contribution < 1.29 is 4.74 Å². The molecule has 1 unspecified atom stereocenters. The average molecular weight is 278 g/mol. The first-order valence-corrected chi connectivity index (χ1v) is 6.54. The summed E-state index contributed by atoms with van der Waals surface area (Å²) >= 11 is 5.87. The topological polar surface area (TPSA) is 61.0 Å². The van der Waals surface area contributed by atoms with Crippen LogP contribution in [0.3, 0.4) is 0 Å². The Balaban J connectivity index is 2.20. The van der Waals surface area contributed by atoms with Crippen LogP contribution in [0.5, 0.6) is 11.6 Å². The van der Waals surface area contributed by atoms with E-state index in [0.717, 1.165) is 18.4 Å². The predicted molar refractivity (Wildman–Crippen MR) is 75.5 cm³/mol. The minimum atomic E-state index is 0.101. The van der Waals surface area contributed by atoms with Crippen LogP contribution in [0.4, 0.5) is 0 Å². The minimum absolute atomic E-state index is 0.101. The first kappa shape index (κ1) is 13.8. The summed E-state index contributed by atoms with van der Waals surface area (Å²) in [5.41, 5.74) is 6.96. The van der Waals surface area contributed by atoms with Crippen LogP contribution < -0.4 is 10.5 Å². The number of nitrogens with zero attached hydrogens (tertiary/aromatic N) is 2. The molecule has 19 heavy (non-hydrogen) atoms. The predicted octanol–water partition coefficient (Wildman–Crippen LogP) is 3.20. The minimum Gasteiger partial charge on any atom is -0.437 e. The van der Waals surface area contributed by atoms with Gasteiger partial charge in [-0.2, -0.15) is 0 Å². The molecule has 0 amide bonds. The third-order valence-corrected chi connectivity index (χ3v) is 2.96. The second kappa shape index (κ2) is 6.50. The molecule has 5 heteroatoms. The number of rotatable bonds is 5. The lowest BCUT2D eigenvalue weighted by Gasteiger charge is -2.12. The number of ether oxygens (including phenoxy) is 1. The summed E-state index contributed by atoms with van der Waals surface area (Å²) in [5.74, 6) is 1.12. The Morgan fingerprint density at radius 3 is 3.00 bits per heavy atom. The van der Waals surface area contributed by atoms with Gasteiger partial charge in [-0.15, -0.1) is 0 Å². The summed E-state index contributed by atoms with van der Waals surface area (Å²) in [5, 5.41) is 0.528. The number of aromatic nitrogens is 2. The quantitative estimate of drug-likeness (QED) is 0.912. The summed E-state index contributed by atoms with van der Waals surface area (Å²) < 4.78 is 5.72. The van der Waals surface area contributed by atoms with Crippen molar-refractivity contribution in [2.24, 2.45) is 5.73 Å². The molecule has 100 valence electrons. The molecule has 2 heterocycles. The highest BCUT2D eigenvalue weighted by molar-refractivity contribution is 6.30. The molecule has 0 bridgehead atoms. The van der Waals surface area contributed by atoms with E-state index in [-0.39, 0.29) is 6.04 Å². The van der Waals surface area contributed by atoms with Gasteiger partial charge in [0.05, 0.1) is 11.2 Å². The van der Waals surface area contributed by atoms with Crippen molar-refractivity contribution in [3.8, 4) is 11.6 Å². The van der Waals surface area contributed by atoms with Crippen molar-refractivity contribution in [2.75, 3.05) is 0 Å². The summed E-state index contributed by atoms with van der Waals surface area (Å²) in [6.45, 7) is 2.06. The summed E-state index contributed by atoms with van der Waals surface area (Å²) in [6, 6.07) is 5.65. The van der Waals surface area contributed by atoms with Crippen molar-refractivity contribution in [1.82, 2.24) is 9.97 Å². The molecular weight excluding hydrogens is 262 g/mol. The molecule has 0 radical (unpaired) electrons. The van der Waals surface area contributed by atoms with E-state index in [1.807, 2.05) is 12.1 Å². The molecule has 0 saturated heterocycles. The van der Waals surface area contributed by atoms with E-state index in [2.05, 4.69) is 16.9 Å². The SMILES string of the molecule is CCC(N)Cc1cccnc1Oc1cncc(Cl)c1. The third kappa shape index (κ3) is 3.91. The normalized spacial score (nSPS) is 12.2. The van der Waals surface area contributed by atoms with Crippen molar-refractivity contribution in [2.45, 2.75) is 25.8 Å². The van der Waals surface area contributed by atoms with Gasteiger partial charge in [0.2, 0.25) is 5.88 Å². The van der Waals surface area contributed by atoms with Gasteiger partial charge in [-0.1, -0.05) is 24.6 Å². The van der Waals surface area contributed by atoms with E-state index in [1.54, 1.807) is 24.7 Å². The number of halogens is 1. The second-order valence-electron chi connectivity index (χ2n) is 4.28. The lowest BCUT2D eigenvalue weighted by atomic mass is 10.1. The van der Waals surface area contributed by atoms with Gasteiger partial charge in [0.1, 0.15) is 5.75 Å². The second-order valence-corrected chi connectivity index (χ2v) is 4.72. The Kier molecular flexibility index (Phi) is 4.71. The molecule has 0 aliphatic heterocycles. The van der Waals surface area contributed by atoms with Gasteiger partial charge in [0.25, 0.3) is 0 Å². The molecule has 4 nitrogen and oxygen atoms in total. The van der Waals surface area contributed by atoms with E-state index in [4.69, 9.17) is 22.1 Å². The largest absolute Gasteiger partial charge is 0.437 e. The molecule has 0 spiro atoms. The summed E-state index contributed by atoms with van der Waals surface area (Å²) in [4.78, 5) is 8.22. The van der Waals surface area contributed by atoms with Crippen LogP contribution in [-0.2, 0) is 6.42 Å². The van der Waals surface area contributed by atoms with Crippen LogP contribution >= 0.6 is 11.6 Å². The Morgan fingerprint density at radius 1 is 1.42 bits per heavy atom. The Hall–Kier alpha value is -1.65. The molecule has 2 aromatic rings. The fourth-order valence-corrected chi connectivity index (χ4v) is 1.82. The maximum Gasteiger partial charge on any atom is 0.222 e. The van der Waals surface area contributed by atoms with Crippen molar-refractivity contribution >= 4 is 11.6 Å². The molecule has 0 aliphatic carbocycles. The zero-order chi connectivity index (χ0) is 13.7. The van der Waals surface area contributed by atoms with E-state index >= 15 is 0 Å². The van der Waals surface area contributed by atoms with Crippen molar-refractivity contribution in [3.63, 3.8) is 0 Å². The molecule has 0 saturated carbocycles. The fraction of sp³-hybridized carbons (Fsp3) is 0.286. The van der Waals surface area contributed by atoms with Gasteiger partial charge in [-0.3, -0.25) is 4.98 Å². The number of hydrogen-bond donors (Lipinski definition) is 1. The monoisotopic (exact) mass is 277 g/mol. The molecular formula is C14H16ClN3O. The van der Waals surface area contributed by atoms with Crippen LogP contribution in [-0.4, -0.2) is 16.0 Å². The zero-order valence-electron chi connectivity index (χ0n) is 10.7. The summed E-state index contributed by atoms with van der Waals surface area (Å²) in [7, 11) is 0. The molecule has 0 aromatic carbocycles. The van der Waals surface area contributed by atoms with Gasteiger partial charge in [-0.25, -0.2) is 4.98 Å². The molecule has 1 atom stereocenters. The van der Waals surface area contributed by atoms with E-state index in [0.29, 0.717) is 16.7 Å². The Bertz CT molecular complexity index is 548. The molecule has 2 N–H and O–H groups in total. The molecule has 0 aliphatic rings. The standard InChI is InChI=1S/C14H16ClN3O/c1-2-12(16)6-10-4-3-5-18-14(10)19-13-7-11(15)8-17-9-13/h3-5,7-9,12H,2,6,16H2,1H3. The first-order valence-electron chi connectivity index (χ1n) is 6.17. The highest BCUT2D eigenvalue weighted by Crippen LogP contribution is 2.25. The number of nitrogens with two attached hydrogens (primary N) is 1. The lowest BCUT2D eigenvalue weighted by Crippen LogP contribution is -2.21. The third-order valence-electron chi connectivity index (χ3n) is 2.75. The Morgan fingerprint density at radius 2 is 2.26 bits per heavy atom. The van der Waals surface area contributed by atoms with Gasteiger partial charge < -0.3 is 10.5 Å². The number of hydrogen-bond acceptors (Lipinski definition) is 4. The van der Waals surface area contributed by atoms with Crippen LogP contribution in [0.25, 0.3) is 0 Å². The van der Waals surface area contributed by atoms with Gasteiger partial charge in [0, 0.05) is 30.1 Å². The highest BCUT2D eigenvalue weighted by Gasteiger charge is 2.10. The van der Waals surface area contributed by atoms with E-state index < -0.39 is 0 Å². The summed E-state index contributed by atoms with van der Waals surface area (Å²) in [6.07, 6.45) is 6.49. The maximum absolute atomic E-state index is 5.97. The Labute approximate surface area is 117 Å².